The lowest BCUT2D eigenvalue weighted by Crippen LogP contribution is -2.48. The number of aliphatic imine (C=N–C) groups is 1. The zero-order chi connectivity index (χ0) is 17.0. The van der Waals surface area contributed by atoms with Crippen molar-refractivity contribution in [2.75, 3.05) is 27.5 Å². The molecule has 124 valence electrons. The highest BCUT2D eigenvalue weighted by Gasteiger charge is 2.37. The first-order valence-electron chi connectivity index (χ1n) is 7.34. The van der Waals surface area contributed by atoms with E-state index in [0.717, 1.165) is 11.3 Å². The molecule has 2 amide bonds. The van der Waals surface area contributed by atoms with Gasteiger partial charge < -0.3 is 14.4 Å². The number of hydrogen-bond donors (Lipinski definition) is 0. The summed E-state index contributed by atoms with van der Waals surface area (Å²) in [6, 6.07) is 7.30. The molecule has 1 saturated heterocycles. The number of hydrogen-bond acceptors (Lipinski definition) is 4. The van der Waals surface area contributed by atoms with Crippen LogP contribution in [0.1, 0.15) is 19.4 Å². The van der Waals surface area contributed by atoms with E-state index in [9.17, 15) is 4.79 Å². The van der Waals surface area contributed by atoms with Crippen LogP contribution in [0.4, 0.5) is 4.79 Å². The van der Waals surface area contributed by atoms with Crippen LogP contribution in [0.15, 0.2) is 35.5 Å². The van der Waals surface area contributed by atoms with Crippen LogP contribution in [-0.2, 0) is 4.74 Å². The highest BCUT2D eigenvalue weighted by atomic mass is 16.5. The summed E-state index contributed by atoms with van der Waals surface area (Å²) in [6.45, 7) is 8.37. The molecule has 2 rings (SSSR count). The number of methoxy groups -OCH3 is 1. The maximum atomic E-state index is 12.6. The fraction of sp³-hybridized carbons (Fsp3) is 0.412. The Hall–Kier alpha value is -2.34. The number of rotatable bonds is 4. The van der Waals surface area contributed by atoms with Gasteiger partial charge in [-0.1, -0.05) is 0 Å². The molecular weight excluding hydrogens is 294 g/mol. The fourth-order valence-corrected chi connectivity index (χ4v) is 2.35. The van der Waals surface area contributed by atoms with E-state index in [4.69, 9.17) is 9.47 Å². The summed E-state index contributed by atoms with van der Waals surface area (Å²) in [5.74, 6) is 0.762. The molecule has 0 atom stereocenters. The zero-order valence-corrected chi connectivity index (χ0v) is 14.1. The Morgan fingerprint density at radius 2 is 2.09 bits per heavy atom. The first-order valence-corrected chi connectivity index (χ1v) is 7.34. The van der Waals surface area contributed by atoms with E-state index in [0.29, 0.717) is 19.0 Å². The SMILES string of the molecule is C=N/C(=C\N(C)C(=O)N1COCC1(C)C)c1ccc(OC)cc1. The maximum absolute atomic E-state index is 12.6. The van der Waals surface area contributed by atoms with Gasteiger partial charge in [0.1, 0.15) is 12.5 Å². The summed E-state index contributed by atoms with van der Waals surface area (Å²) in [6.07, 6.45) is 1.67. The Balaban J connectivity index is 2.19. The van der Waals surface area contributed by atoms with Gasteiger partial charge in [0.15, 0.2) is 0 Å². The van der Waals surface area contributed by atoms with E-state index in [2.05, 4.69) is 11.7 Å². The molecule has 0 saturated carbocycles. The molecule has 0 unspecified atom stereocenters. The minimum atomic E-state index is -0.318. The topological polar surface area (TPSA) is 54.4 Å². The van der Waals surface area contributed by atoms with Crippen molar-refractivity contribution < 1.29 is 14.3 Å². The molecule has 0 spiro atoms. The standard InChI is InChI=1S/C17H23N3O3/c1-17(2)11-23-12-20(17)16(21)19(4)10-15(18-3)13-6-8-14(22-5)9-7-13/h6-10H,3,11-12H2,1-2,4-5H3/b15-10-. The fourth-order valence-electron chi connectivity index (χ4n) is 2.35. The molecule has 1 aliphatic rings. The van der Waals surface area contributed by atoms with E-state index in [1.54, 1.807) is 25.3 Å². The molecule has 6 heteroatoms. The van der Waals surface area contributed by atoms with Gasteiger partial charge in [0.05, 0.1) is 25.0 Å². The lowest BCUT2D eigenvalue weighted by Gasteiger charge is -2.31. The second-order valence-electron chi connectivity index (χ2n) is 6.01. The normalized spacial score (nSPS) is 17.0. The van der Waals surface area contributed by atoms with Crippen LogP contribution in [0.25, 0.3) is 5.70 Å². The predicted molar refractivity (Wildman–Crippen MR) is 90.4 cm³/mol. The molecule has 0 radical (unpaired) electrons. The van der Waals surface area contributed by atoms with Crippen LogP contribution in [0.3, 0.4) is 0 Å². The summed E-state index contributed by atoms with van der Waals surface area (Å²) in [4.78, 5) is 19.8. The van der Waals surface area contributed by atoms with E-state index in [1.807, 2.05) is 38.1 Å². The van der Waals surface area contributed by atoms with Crippen LogP contribution >= 0.6 is 0 Å². The molecule has 1 aromatic carbocycles. The van der Waals surface area contributed by atoms with E-state index in [-0.39, 0.29) is 11.6 Å². The number of amides is 2. The Bertz CT molecular complexity index is 608. The Labute approximate surface area is 137 Å². The van der Waals surface area contributed by atoms with Gasteiger partial charge in [-0.25, -0.2) is 4.79 Å². The Morgan fingerprint density at radius 1 is 1.43 bits per heavy atom. The highest BCUT2D eigenvalue weighted by Crippen LogP contribution is 2.24. The number of carbonyl (C=O) groups is 1. The number of nitrogens with zero attached hydrogens (tertiary/aromatic N) is 3. The third-order valence-corrected chi connectivity index (χ3v) is 3.81. The minimum absolute atomic E-state index is 0.137. The van der Waals surface area contributed by atoms with Crippen LogP contribution in [0, 0.1) is 0 Å². The van der Waals surface area contributed by atoms with Crippen LogP contribution in [-0.4, -0.2) is 55.6 Å². The highest BCUT2D eigenvalue weighted by molar-refractivity contribution is 5.79. The average molecular weight is 317 g/mol. The predicted octanol–water partition coefficient (Wildman–Crippen LogP) is 2.81. The molecule has 23 heavy (non-hydrogen) atoms. The molecule has 0 N–H and O–H groups in total. The first kappa shape index (κ1) is 17.0. The third kappa shape index (κ3) is 3.71. The summed E-state index contributed by atoms with van der Waals surface area (Å²) in [7, 11) is 3.31. The van der Waals surface area contributed by atoms with Crippen molar-refractivity contribution in [2.24, 2.45) is 4.99 Å². The average Bonchev–Trinajstić information content (AvgIpc) is 2.91. The largest absolute Gasteiger partial charge is 0.497 e. The van der Waals surface area contributed by atoms with Gasteiger partial charge in [-0.15, -0.1) is 0 Å². The van der Waals surface area contributed by atoms with Crippen molar-refractivity contribution in [3.8, 4) is 5.75 Å². The molecule has 0 aromatic heterocycles. The van der Waals surface area contributed by atoms with Crippen molar-refractivity contribution >= 4 is 18.4 Å². The minimum Gasteiger partial charge on any atom is -0.497 e. The first-order chi connectivity index (χ1) is 10.9. The quantitative estimate of drug-likeness (QED) is 0.802. The van der Waals surface area contributed by atoms with Gasteiger partial charge in [-0.2, -0.15) is 0 Å². The number of carbonyl (C=O) groups excluding carboxylic acids is 1. The number of urea groups is 1. The van der Waals surface area contributed by atoms with Crippen LogP contribution in [0.5, 0.6) is 5.75 Å². The number of ether oxygens (including phenoxy) is 2. The summed E-state index contributed by atoms with van der Waals surface area (Å²) in [5.41, 5.74) is 1.15. The zero-order valence-electron chi connectivity index (χ0n) is 14.1. The van der Waals surface area contributed by atoms with Crippen molar-refractivity contribution in [1.82, 2.24) is 9.80 Å². The molecular formula is C17H23N3O3. The number of benzene rings is 1. The van der Waals surface area contributed by atoms with E-state index in [1.165, 1.54) is 4.90 Å². The molecule has 1 aliphatic heterocycles. The summed E-state index contributed by atoms with van der Waals surface area (Å²) >= 11 is 0. The summed E-state index contributed by atoms with van der Waals surface area (Å²) in [5, 5.41) is 0. The van der Waals surface area contributed by atoms with Gasteiger partial charge in [0.25, 0.3) is 0 Å². The molecule has 0 aliphatic carbocycles. The smallest absolute Gasteiger partial charge is 0.326 e. The van der Waals surface area contributed by atoms with Crippen LogP contribution in [0.2, 0.25) is 0 Å². The summed E-state index contributed by atoms with van der Waals surface area (Å²) < 4.78 is 10.5. The molecule has 1 aromatic rings. The molecule has 1 fully saturated rings. The van der Waals surface area contributed by atoms with E-state index >= 15 is 0 Å². The van der Waals surface area contributed by atoms with Gasteiger partial charge >= 0.3 is 6.03 Å². The third-order valence-electron chi connectivity index (χ3n) is 3.81. The van der Waals surface area contributed by atoms with Crippen molar-refractivity contribution in [1.29, 1.82) is 0 Å². The van der Waals surface area contributed by atoms with Gasteiger partial charge in [0.2, 0.25) is 0 Å². The monoisotopic (exact) mass is 317 g/mol. The lowest BCUT2D eigenvalue weighted by molar-refractivity contribution is 0.125. The van der Waals surface area contributed by atoms with Gasteiger partial charge in [-0.3, -0.25) is 9.89 Å². The van der Waals surface area contributed by atoms with E-state index < -0.39 is 0 Å². The van der Waals surface area contributed by atoms with Crippen molar-refractivity contribution in [3.05, 3.63) is 36.0 Å². The van der Waals surface area contributed by atoms with Crippen molar-refractivity contribution in [2.45, 2.75) is 19.4 Å². The Kier molecular flexibility index (Phi) is 5.05. The second kappa shape index (κ2) is 6.83. The van der Waals surface area contributed by atoms with Gasteiger partial charge in [-0.05, 0) is 44.8 Å². The van der Waals surface area contributed by atoms with Crippen molar-refractivity contribution in [3.63, 3.8) is 0 Å². The van der Waals surface area contributed by atoms with Gasteiger partial charge in [0, 0.05) is 18.8 Å². The Morgan fingerprint density at radius 3 is 2.57 bits per heavy atom. The second-order valence-corrected chi connectivity index (χ2v) is 6.01. The lowest BCUT2D eigenvalue weighted by atomic mass is 10.1. The molecule has 1 heterocycles. The van der Waals surface area contributed by atoms with Crippen LogP contribution < -0.4 is 4.74 Å². The molecule has 0 bridgehead atoms. The maximum Gasteiger partial charge on any atom is 0.326 e. The molecule has 6 nitrogen and oxygen atoms in total.